The minimum Gasteiger partial charge on any atom is -0.323 e. The first-order valence-electron chi connectivity index (χ1n) is 7.05. The Hall–Kier alpha value is -1.11. The van der Waals surface area contributed by atoms with Crippen molar-refractivity contribution in [2.45, 2.75) is 18.5 Å². The average molecular weight is 415 g/mol. The van der Waals surface area contributed by atoms with Gasteiger partial charge in [-0.2, -0.15) is 0 Å². The molecule has 120 valence electrons. The molecule has 0 aromatic heterocycles. The predicted octanol–water partition coefficient (Wildman–Crippen LogP) is 4.30. The van der Waals surface area contributed by atoms with Crippen LogP contribution in [0.1, 0.15) is 18.0 Å². The molecule has 1 aliphatic heterocycles. The molecule has 2 aromatic rings. The highest BCUT2D eigenvalue weighted by atomic mass is 79.9. The van der Waals surface area contributed by atoms with Crippen LogP contribution in [0.25, 0.3) is 0 Å². The Kier molecular flexibility index (Phi) is 5.24. The first-order valence-corrected chi connectivity index (χ1v) is 8.60. The number of rotatable bonds is 3. The van der Waals surface area contributed by atoms with Crippen molar-refractivity contribution in [1.82, 2.24) is 10.9 Å². The number of hydrogen-bond donors (Lipinski definition) is 3. The Labute approximate surface area is 152 Å². The highest BCUT2D eigenvalue weighted by molar-refractivity contribution is 9.10. The Balaban J connectivity index is 1.64. The highest BCUT2D eigenvalue weighted by Crippen LogP contribution is 2.27. The normalized spacial score (nSPS) is 20.5. The fourth-order valence-electron chi connectivity index (χ4n) is 2.45. The molecule has 0 bridgehead atoms. The summed E-state index contributed by atoms with van der Waals surface area (Å²) >= 11 is 15.4. The summed E-state index contributed by atoms with van der Waals surface area (Å²) in [6.07, 6.45) is 0.651. The summed E-state index contributed by atoms with van der Waals surface area (Å²) < 4.78 is 1.03. The molecular weight excluding hydrogens is 401 g/mol. The second-order valence-corrected chi connectivity index (χ2v) is 7.05. The Morgan fingerprint density at radius 2 is 1.87 bits per heavy atom. The van der Waals surface area contributed by atoms with Crippen LogP contribution in [0.5, 0.6) is 0 Å². The largest absolute Gasteiger partial charge is 0.323 e. The number of amides is 1. The second-order valence-electron chi connectivity index (χ2n) is 5.29. The van der Waals surface area contributed by atoms with Gasteiger partial charge in [0.2, 0.25) is 5.91 Å². The lowest BCUT2D eigenvalue weighted by atomic mass is 10.0. The van der Waals surface area contributed by atoms with E-state index in [-0.39, 0.29) is 18.0 Å². The summed E-state index contributed by atoms with van der Waals surface area (Å²) in [7, 11) is 0. The first kappa shape index (κ1) is 16.7. The molecule has 23 heavy (non-hydrogen) atoms. The molecule has 1 aliphatic rings. The van der Waals surface area contributed by atoms with Gasteiger partial charge in [0.15, 0.2) is 0 Å². The summed E-state index contributed by atoms with van der Waals surface area (Å²) in [5, 5.41) is 3.77. The maximum Gasteiger partial charge on any atom is 0.242 e. The van der Waals surface area contributed by atoms with Gasteiger partial charge in [0.25, 0.3) is 0 Å². The molecule has 0 aliphatic carbocycles. The fourth-order valence-corrected chi connectivity index (χ4v) is 3.17. The molecule has 2 aromatic carbocycles. The molecule has 1 heterocycles. The minimum absolute atomic E-state index is 0.0829. The van der Waals surface area contributed by atoms with Gasteiger partial charge in [0.1, 0.15) is 6.04 Å². The Morgan fingerprint density at radius 1 is 1.13 bits per heavy atom. The quantitative estimate of drug-likeness (QED) is 0.701. The molecule has 1 saturated heterocycles. The van der Waals surface area contributed by atoms with Crippen LogP contribution in [0, 0.1) is 0 Å². The molecule has 4 nitrogen and oxygen atoms in total. The number of halogens is 3. The van der Waals surface area contributed by atoms with E-state index in [1.54, 1.807) is 18.2 Å². The van der Waals surface area contributed by atoms with Crippen LogP contribution < -0.4 is 16.2 Å². The maximum atomic E-state index is 12.4. The van der Waals surface area contributed by atoms with Crippen LogP contribution in [0.15, 0.2) is 46.9 Å². The van der Waals surface area contributed by atoms with E-state index in [4.69, 9.17) is 23.2 Å². The molecule has 3 N–H and O–H groups in total. The van der Waals surface area contributed by atoms with Crippen LogP contribution in [-0.4, -0.2) is 11.9 Å². The van der Waals surface area contributed by atoms with E-state index in [0.717, 1.165) is 10.0 Å². The van der Waals surface area contributed by atoms with E-state index in [2.05, 4.69) is 32.1 Å². The standard InChI is InChI=1S/C16H14BrCl2N3O/c17-10-3-1-9(2-4-10)14-8-15(22-21-14)16(23)20-13-6-5-11(18)7-12(13)19/h1-7,14-15,21-22H,8H2,(H,20,23). The van der Waals surface area contributed by atoms with Gasteiger partial charge in [0.05, 0.1) is 10.7 Å². The number of anilines is 1. The maximum absolute atomic E-state index is 12.4. The van der Waals surface area contributed by atoms with Gasteiger partial charge in [-0.3, -0.25) is 4.79 Å². The third-order valence-electron chi connectivity index (χ3n) is 3.68. The predicted molar refractivity (Wildman–Crippen MR) is 96.7 cm³/mol. The average Bonchev–Trinajstić information content (AvgIpc) is 3.01. The van der Waals surface area contributed by atoms with Crippen molar-refractivity contribution in [3.05, 3.63) is 62.5 Å². The molecule has 0 radical (unpaired) electrons. The third kappa shape index (κ3) is 4.05. The zero-order chi connectivity index (χ0) is 16.4. The van der Waals surface area contributed by atoms with E-state index in [1.165, 1.54) is 0 Å². The summed E-state index contributed by atoms with van der Waals surface area (Å²) in [6.45, 7) is 0. The van der Waals surface area contributed by atoms with Gasteiger partial charge < -0.3 is 5.32 Å². The highest BCUT2D eigenvalue weighted by Gasteiger charge is 2.30. The van der Waals surface area contributed by atoms with Crippen molar-refractivity contribution in [3.63, 3.8) is 0 Å². The third-order valence-corrected chi connectivity index (χ3v) is 4.76. The van der Waals surface area contributed by atoms with Crippen molar-refractivity contribution in [2.75, 3.05) is 5.32 Å². The number of benzene rings is 2. The van der Waals surface area contributed by atoms with Crippen molar-refractivity contribution >= 4 is 50.7 Å². The number of carbonyl (C=O) groups is 1. The molecular formula is C16H14BrCl2N3O. The lowest BCUT2D eigenvalue weighted by molar-refractivity contribution is -0.117. The monoisotopic (exact) mass is 413 g/mol. The van der Waals surface area contributed by atoms with Gasteiger partial charge in [0, 0.05) is 15.5 Å². The van der Waals surface area contributed by atoms with E-state index < -0.39 is 0 Å². The van der Waals surface area contributed by atoms with Crippen LogP contribution in [-0.2, 0) is 4.79 Å². The lowest BCUT2D eigenvalue weighted by Gasteiger charge is -2.12. The van der Waals surface area contributed by atoms with Crippen LogP contribution in [0.3, 0.4) is 0 Å². The van der Waals surface area contributed by atoms with Gasteiger partial charge in [-0.15, -0.1) is 0 Å². The summed E-state index contributed by atoms with van der Waals surface area (Å²) in [6, 6.07) is 12.7. The number of hydrogen-bond acceptors (Lipinski definition) is 3. The van der Waals surface area contributed by atoms with E-state index in [9.17, 15) is 4.79 Å². The molecule has 1 fully saturated rings. The SMILES string of the molecule is O=C(Nc1ccc(Cl)cc1Cl)C1CC(c2ccc(Br)cc2)NN1. The van der Waals surface area contributed by atoms with Gasteiger partial charge in [-0.25, -0.2) is 10.9 Å². The lowest BCUT2D eigenvalue weighted by Crippen LogP contribution is -2.39. The van der Waals surface area contributed by atoms with Crippen LogP contribution in [0.4, 0.5) is 5.69 Å². The Morgan fingerprint density at radius 3 is 2.57 bits per heavy atom. The fraction of sp³-hybridized carbons (Fsp3) is 0.188. The zero-order valence-corrected chi connectivity index (χ0v) is 15.0. The molecule has 1 amide bonds. The second kappa shape index (κ2) is 7.20. The smallest absolute Gasteiger partial charge is 0.242 e. The van der Waals surface area contributed by atoms with Crippen LogP contribution >= 0.6 is 39.1 Å². The van der Waals surface area contributed by atoms with Crippen molar-refractivity contribution in [2.24, 2.45) is 0 Å². The molecule has 2 atom stereocenters. The molecule has 0 spiro atoms. The molecule has 2 unspecified atom stereocenters. The first-order chi connectivity index (χ1) is 11.0. The summed E-state index contributed by atoms with van der Waals surface area (Å²) in [5.74, 6) is -0.138. The zero-order valence-electron chi connectivity index (χ0n) is 11.9. The van der Waals surface area contributed by atoms with E-state index in [0.29, 0.717) is 22.2 Å². The summed E-state index contributed by atoms with van der Waals surface area (Å²) in [4.78, 5) is 12.4. The van der Waals surface area contributed by atoms with E-state index in [1.807, 2.05) is 24.3 Å². The van der Waals surface area contributed by atoms with E-state index >= 15 is 0 Å². The van der Waals surface area contributed by atoms with Crippen LogP contribution in [0.2, 0.25) is 10.0 Å². The topological polar surface area (TPSA) is 53.2 Å². The van der Waals surface area contributed by atoms with Crippen molar-refractivity contribution in [1.29, 1.82) is 0 Å². The number of carbonyl (C=O) groups excluding carboxylic acids is 1. The Bertz CT molecular complexity index is 724. The van der Waals surface area contributed by atoms with Crippen molar-refractivity contribution in [3.8, 4) is 0 Å². The number of hydrazine groups is 1. The summed E-state index contributed by atoms with van der Waals surface area (Å²) in [5.41, 5.74) is 7.86. The molecule has 3 rings (SSSR count). The number of nitrogens with one attached hydrogen (secondary N) is 3. The van der Waals surface area contributed by atoms with Crippen molar-refractivity contribution < 1.29 is 4.79 Å². The minimum atomic E-state index is -0.338. The van der Waals surface area contributed by atoms with Gasteiger partial charge in [-0.05, 0) is 42.3 Å². The van der Waals surface area contributed by atoms with Gasteiger partial charge >= 0.3 is 0 Å². The molecule has 7 heteroatoms. The van der Waals surface area contributed by atoms with Gasteiger partial charge in [-0.1, -0.05) is 51.3 Å². The molecule has 0 saturated carbocycles.